The number of anilines is 1. The van der Waals surface area contributed by atoms with Crippen LogP contribution in [0.3, 0.4) is 0 Å². The van der Waals surface area contributed by atoms with Crippen molar-refractivity contribution in [3.8, 4) is 22.6 Å². The number of hydrogen-bond donors (Lipinski definition) is 2. The lowest BCUT2D eigenvalue weighted by Gasteiger charge is -2.16. The number of methoxy groups -OCH3 is 2. The molecule has 0 aliphatic carbocycles. The molecular formula is C21H19ClN2O5S. The zero-order valence-corrected chi connectivity index (χ0v) is 17.8. The Balaban J connectivity index is 2.11. The molecule has 0 aliphatic heterocycles. The van der Waals surface area contributed by atoms with Crippen LogP contribution in [0.25, 0.3) is 11.1 Å². The zero-order chi connectivity index (χ0) is 21.9. The van der Waals surface area contributed by atoms with Gasteiger partial charge in [-0.25, -0.2) is 8.42 Å². The lowest BCUT2D eigenvalue weighted by atomic mass is 10.1. The Morgan fingerprint density at radius 2 is 1.67 bits per heavy atom. The molecule has 156 valence electrons. The minimum absolute atomic E-state index is 0.0563. The number of sulfonamides is 1. The molecule has 0 saturated carbocycles. The number of rotatable bonds is 7. The van der Waals surface area contributed by atoms with Gasteiger partial charge in [-0.3, -0.25) is 9.52 Å². The SMILES string of the molecule is COc1ccc(-c2ccccc2)cc1NS(=O)(=O)c1cc(C(N)=O)cc(Cl)c1OC. The van der Waals surface area contributed by atoms with Crippen LogP contribution in [-0.2, 0) is 10.0 Å². The predicted octanol–water partition coefficient (Wildman–Crippen LogP) is 3.92. The van der Waals surface area contributed by atoms with E-state index in [0.717, 1.165) is 17.2 Å². The van der Waals surface area contributed by atoms with Crippen LogP contribution in [0.15, 0.2) is 65.6 Å². The molecule has 30 heavy (non-hydrogen) atoms. The van der Waals surface area contributed by atoms with Crippen LogP contribution in [0.4, 0.5) is 5.69 Å². The summed E-state index contributed by atoms with van der Waals surface area (Å²) in [4.78, 5) is 11.3. The summed E-state index contributed by atoms with van der Waals surface area (Å²) < 4.78 is 39.3. The van der Waals surface area contributed by atoms with E-state index in [2.05, 4.69) is 4.72 Å². The summed E-state index contributed by atoms with van der Waals surface area (Å²) >= 11 is 6.10. The van der Waals surface area contributed by atoms with Gasteiger partial charge in [0.1, 0.15) is 10.6 Å². The number of carbonyl (C=O) groups excluding carboxylic acids is 1. The third-order valence-electron chi connectivity index (χ3n) is 4.34. The largest absolute Gasteiger partial charge is 0.495 e. The highest BCUT2D eigenvalue weighted by Gasteiger charge is 2.25. The summed E-state index contributed by atoms with van der Waals surface area (Å²) in [5.74, 6) is -0.610. The molecule has 0 spiro atoms. The van der Waals surface area contributed by atoms with Crippen molar-refractivity contribution < 1.29 is 22.7 Å². The van der Waals surface area contributed by atoms with Gasteiger partial charge in [-0.15, -0.1) is 0 Å². The van der Waals surface area contributed by atoms with E-state index in [1.54, 1.807) is 12.1 Å². The summed E-state index contributed by atoms with van der Waals surface area (Å²) in [6.07, 6.45) is 0. The number of hydrogen-bond acceptors (Lipinski definition) is 5. The van der Waals surface area contributed by atoms with Gasteiger partial charge in [0.05, 0.1) is 24.9 Å². The van der Waals surface area contributed by atoms with Crippen LogP contribution < -0.4 is 19.9 Å². The first-order valence-corrected chi connectivity index (χ1v) is 10.6. The Bertz CT molecular complexity index is 1200. The first kappa shape index (κ1) is 21.5. The second-order valence-corrected chi connectivity index (χ2v) is 8.30. The Labute approximate surface area is 179 Å². The smallest absolute Gasteiger partial charge is 0.265 e. The molecule has 1 amide bonds. The third-order valence-corrected chi connectivity index (χ3v) is 5.99. The van der Waals surface area contributed by atoms with Gasteiger partial charge in [-0.2, -0.15) is 0 Å². The maximum atomic E-state index is 13.2. The summed E-state index contributed by atoms with van der Waals surface area (Å²) in [7, 11) is -1.50. The van der Waals surface area contributed by atoms with Crippen molar-refractivity contribution in [1.82, 2.24) is 0 Å². The molecule has 3 N–H and O–H groups in total. The van der Waals surface area contributed by atoms with Crippen molar-refractivity contribution >= 4 is 33.2 Å². The Kier molecular flexibility index (Phi) is 6.19. The van der Waals surface area contributed by atoms with Crippen LogP contribution in [0.5, 0.6) is 11.5 Å². The fourth-order valence-corrected chi connectivity index (χ4v) is 4.54. The molecule has 9 heteroatoms. The molecule has 3 rings (SSSR count). The van der Waals surface area contributed by atoms with E-state index in [9.17, 15) is 13.2 Å². The predicted molar refractivity (Wildman–Crippen MR) is 116 cm³/mol. The van der Waals surface area contributed by atoms with Crippen molar-refractivity contribution in [2.24, 2.45) is 5.73 Å². The van der Waals surface area contributed by atoms with Gasteiger partial charge in [0, 0.05) is 5.56 Å². The molecule has 3 aromatic carbocycles. The summed E-state index contributed by atoms with van der Waals surface area (Å²) in [6, 6.07) is 16.9. The third kappa shape index (κ3) is 4.34. The van der Waals surface area contributed by atoms with Gasteiger partial charge in [-0.1, -0.05) is 48.0 Å². The fraction of sp³-hybridized carbons (Fsp3) is 0.0952. The van der Waals surface area contributed by atoms with E-state index in [1.807, 2.05) is 36.4 Å². The average Bonchev–Trinajstić information content (AvgIpc) is 2.73. The van der Waals surface area contributed by atoms with Gasteiger partial charge in [-0.05, 0) is 35.4 Å². The lowest BCUT2D eigenvalue weighted by Crippen LogP contribution is -2.17. The van der Waals surface area contributed by atoms with Gasteiger partial charge in [0.15, 0.2) is 5.75 Å². The van der Waals surface area contributed by atoms with E-state index in [0.29, 0.717) is 5.75 Å². The molecule has 0 radical (unpaired) electrons. The molecule has 0 aliphatic rings. The topological polar surface area (TPSA) is 108 Å². The molecule has 0 saturated heterocycles. The molecule has 3 aromatic rings. The Morgan fingerprint density at radius 1 is 0.967 bits per heavy atom. The second kappa shape index (κ2) is 8.64. The highest BCUT2D eigenvalue weighted by Crippen LogP contribution is 2.37. The average molecular weight is 447 g/mol. The number of nitrogens with two attached hydrogens (primary N) is 1. The summed E-state index contributed by atoms with van der Waals surface area (Å²) in [5.41, 5.74) is 7.12. The number of carbonyl (C=O) groups is 1. The van der Waals surface area contributed by atoms with Crippen LogP contribution in [0.2, 0.25) is 5.02 Å². The fourth-order valence-electron chi connectivity index (χ4n) is 2.91. The lowest BCUT2D eigenvalue weighted by molar-refractivity contribution is 0.1000. The molecule has 0 bridgehead atoms. The van der Waals surface area contributed by atoms with Crippen molar-refractivity contribution in [3.05, 3.63) is 71.2 Å². The van der Waals surface area contributed by atoms with Crippen molar-refractivity contribution in [1.29, 1.82) is 0 Å². The summed E-state index contributed by atoms with van der Waals surface area (Å²) in [6.45, 7) is 0. The van der Waals surface area contributed by atoms with E-state index >= 15 is 0 Å². The number of amides is 1. The minimum atomic E-state index is -4.21. The summed E-state index contributed by atoms with van der Waals surface area (Å²) in [5, 5.41) is -0.0563. The molecule has 0 heterocycles. The van der Waals surface area contributed by atoms with Crippen LogP contribution >= 0.6 is 11.6 Å². The number of primary amides is 1. The van der Waals surface area contributed by atoms with E-state index in [4.69, 9.17) is 26.8 Å². The number of nitrogens with one attached hydrogen (secondary N) is 1. The zero-order valence-electron chi connectivity index (χ0n) is 16.2. The molecular weight excluding hydrogens is 428 g/mol. The Hall–Kier alpha value is -3.23. The van der Waals surface area contributed by atoms with Crippen molar-refractivity contribution in [2.75, 3.05) is 18.9 Å². The quantitative estimate of drug-likeness (QED) is 0.571. The highest BCUT2D eigenvalue weighted by molar-refractivity contribution is 7.92. The van der Waals surface area contributed by atoms with Crippen molar-refractivity contribution in [2.45, 2.75) is 4.90 Å². The van der Waals surface area contributed by atoms with Crippen LogP contribution in [0.1, 0.15) is 10.4 Å². The van der Waals surface area contributed by atoms with Crippen LogP contribution in [0, 0.1) is 0 Å². The van der Waals surface area contributed by atoms with Gasteiger partial charge in [0.25, 0.3) is 10.0 Å². The standard InChI is InChI=1S/C21H19ClN2O5S/c1-28-18-9-8-14(13-6-4-3-5-7-13)11-17(18)24-30(26,27)19-12-15(21(23)25)10-16(22)20(19)29-2/h3-12,24H,1-2H3,(H2,23,25). The molecule has 0 atom stereocenters. The van der Waals surface area contributed by atoms with Crippen molar-refractivity contribution in [3.63, 3.8) is 0 Å². The van der Waals surface area contributed by atoms with E-state index < -0.39 is 15.9 Å². The maximum Gasteiger partial charge on any atom is 0.265 e. The number of benzene rings is 3. The van der Waals surface area contributed by atoms with Gasteiger partial charge >= 0.3 is 0 Å². The van der Waals surface area contributed by atoms with E-state index in [1.165, 1.54) is 20.3 Å². The minimum Gasteiger partial charge on any atom is -0.495 e. The second-order valence-electron chi connectivity index (χ2n) is 6.24. The van der Waals surface area contributed by atoms with Crippen LogP contribution in [-0.4, -0.2) is 28.5 Å². The number of halogens is 1. The first-order chi connectivity index (χ1) is 14.3. The van der Waals surface area contributed by atoms with Gasteiger partial charge < -0.3 is 15.2 Å². The Morgan fingerprint density at radius 3 is 2.27 bits per heavy atom. The molecule has 7 nitrogen and oxygen atoms in total. The van der Waals surface area contributed by atoms with E-state index in [-0.39, 0.29) is 26.9 Å². The molecule has 0 fully saturated rings. The molecule has 0 aromatic heterocycles. The highest BCUT2D eigenvalue weighted by atomic mass is 35.5. The number of ether oxygens (including phenoxy) is 2. The maximum absolute atomic E-state index is 13.2. The monoisotopic (exact) mass is 446 g/mol. The normalized spacial score (nSPS) is 11.0. The molecule has 0 unspecified atom stereocenters. The first-order valence-electron chi connectivity index (χ1n) is 8.70. The van der Waals surface area contributed by atoms with Gasteiger partial charge in [0.2, 0.25) is 5.91 Å².